The van der Waals surface area contributed by atoms with Gasteiger partial charge in [-0.05, 0) is 25.0 Å². The maximum atomic E-state index is 11.4. The van der Waals surface area contributed by atoms with Crippen molar-refractivity contribution in [1.29, 1.82) is 0 Å². The molecule has 5 heteroatoms. The fourth-order valence-corrected chi connectivity index (χ4v) is 1.51. The topological polar surface area (TPSA) is 52.6 Å². The minimum absolute atomic E-state index is 0.244. The number of hydrogen-bond donors (Lipinski definition) is 0. The average molecular weight is 301 g/mol. The summed E-state index contributed by atoms with van der Waals surface area (Å²) >= 11 is 3.25. The Hall–Kier alpha value is -1.36. The molecule has 0 atom stereocenters. The van der Waals surface area contributed by atoms with Crippen LogP contribution in [-0.4, -0.2) is 17.3 Å². The van der Waals surface area contributed by atoms with E-state index >= 15 is 0 Å². The molecule has 0 radical (unpaired) electrons. The lowest BCUT2D eigenvalue weighted by atomic mass is 10.2. The molecule has 0 saturated heterocycles. The zero-order chi connectivity index (χ0) is 12.5. The highest BCUT2D eigenvalue weighted by Gasteiger charge is 2.11. The summed E-state index contributed by atoms with van der Waals surface area (Å²) < 4.78 is 0. The molecule has 0 spiro atoms. The van der Waals surface area contributed by atoms with Crippen LogP contribution in [0.15, 0.2) is 30.3 Å². The lowest BCUT2D eigenvalue weighted by molar-refractivity contribution is -0.234. The largest absolute Gasteiger partial charge is 0.386 e. The minimum atomic E-state index is -0.667. The van der Waals surface area contributed by atoms with Crippen molar-refractivity contribution in [3.05, 3.63) is 35.9 Å². The number of carbonyl (C=O) groups excluding carboxylic acids is 2. The van der Waals surface area contributed by atoms with Crippen molar-refractivity contribution in [2.45, 2.75) is 19.3 Å². The molecule has 17 heavy (non-hydrogen) atoms. The Labute approximate surface area is 108 Å². The van der Waals surface area contributed by atoms with Gasteiger partial charge in [-0.15, -0.1) is 0 Å². The van der Waals surface area contributed by atoms with Crippen LogP contribution in [0.25, 0.3) is 0 Å². The maximum Gasteiger partial charge on any atom is 0.386 e. The van der Waals surface area contributed by atoms with E-state index in [-0.39, 0.29) is 6.42 Å². The number of carbonyl (C=O) groups is 2. The first-order valence-electron chi connectivity index (χ1n) is 5.26. The van der Waals surface area contributed by atoms with Crippen LogP contribution in [0, 0.1) is 0 Å². The highest BCUT2D eigenvalue weighted by Crippen LogP contribution is 2.04. The lowest BCUT2D eigenvalue weighted by Gasteiger charge is -2.02. The maximum absolute atomic E-state index is 11.4. The van der Waals surface area contributed by atoms with E-state index in [1.54, 1.807) is 30.3 Å². The Morgan fingerprint density at radius 2 is 1.76 bits per heavy atom. The molecule has 0 N–H and O–H groups in total. The number of unbranched alkanes of at least 4 members (excludes halogenated alkanes) is 1. The van der Waals surface area contributed by atoms with Gasteiger partial charge in [-0.25, -0.2) is 19.4 Å². The quantitative estimate of drug-likeness (QED) is 0.363. The van der Waals surface area contributed by atoms with E-state index < -0.39 is 11.9 Å². The van der Waals surface area contributed by atoms with E-state index in [2.05, 4.69) is 25.7 Å². The van der Waals surface area contributed by atoms with Gasteiger partial charge in [0, 0.05) is 5.33 Å². The van der Waals surface area contributed by atoms with Crippen LogP contribution in [0.4, 0.5) is 0 Å². The summed E-state index contributed by atoms with van der Waals surface area (Å²) in [7, 11) is 0. The Bertz CT molecular complexity index is 364. The summed E-state index contributed by atoms with van der Waals surface area (Å²) in [6.45, 7) is 0. The lowest BCUT2D eigenvalue weighted by Crippen LogP contribution is -2.11. The molecular formula is C12H13BrO4. The number of rotatable bonds is 5. The van der Waals surface area contributed by atoms with Crippen molar-refractivity contribution in [3.63, 3.8) is 0 Å². The molecule has 0 amide bonds. The fraction of sp³-hybridized carbons (Fsp3) is 0.333. The summed E-state index contributed by atoms with van der Waals surface area (Å²) in [5, 5.41) is 0.837. The second-order valence-corrected chi connectivity index (χ2v) is 4.13. The number of benzene rings is 1. The molecule has 0 fully saturated rings. The smallest absolute Gasteiger partial charge is 0.247 e. The first-order chi connectivity index (χ1) is 8.24. The summed E-state index contributed by atoms with van der Waals surface area (Å²) in [5.41, 5.74) is 0.348. The second kappa shape index (κ2) is 7.84. The van der Waals surface area contributed by atoms with Crippen LogP contribution in [0.2, 0.25) is 0 Å². The summed E-state index contributed by atoms with van der Waals surface area (Å²) in [6, 6.07) is 8.36. The van der Waals surface area contributed by atoms with Crippen LogP contribution in [0.1, 0.15) is 29.6 Å². The fourth-order valence-electron chi connectivity index (χ4n) is 1.11. The number of alkyl halides is 1. The predicted molar refractivity (Wildman–Crippen MR) is 65.6 cm³/mol. The summed E-state index contributed by atoms with van der Waals surface area (Å²) in [5.74, 6) is -1.20. The number of hydrogen-bond acceptors (Lipinski definition) is 4. The van der Waals surface area contributed by atoms with E-state index in [4.69, 9.17) is 0 Å². The van der Waals surface area contributed by atoms with E-state index in [1.165, 1.54) is 0 Å². The second-order valence-electron chi connectivity index (χ2n) is 3.34. The van der Waals surface area contributed by atoms with Crippen LogP contribution < -0.4 is 0 Å². The van der Waals surface area contributed by atoms with E-state index in [0.29, 0.717) is 12.0 Å². The Kier molecular flexibility index (Phi) is 6.32. The molecule has 1 aromatic carbocycles. The molecule has 1 rings (SSSR count). The highest BCUT2D eigenvalue weighted by molar-refractivity contribution is 9.09. The van der Waals surface area contributed by atoms with Crippen LogP contribution in [-0.2, 0) is 14.6 Å². The van der Waals surface area contributed by atoms with Gasteiger partial charge in [0.2, 0.25) is 0 Å². The van der Waals surface area contributed by atoms with E-state index in [9.17, 15) is 9.59 Å². The normalized spacial score (nSPS) is 9.71. The third-order valence-electron chi connectivity index (χ3n) is 1.98. The van der Waals surface area contributed by atoms with Gasteiger partial charge < -0.3 is 0 Å². The molecule has 0 heterocycles. The molecule has 0 saturated carbocycles. The van der Waals surface area contributed by atoms with Gasteiger partial charge in [-0.1, -0.05) is 34.1 Å². The molecule has 0 aliphatic heterocycles. The highest BCUT2D eigenvalue weighted by atomic mass is 79.9. The van der Waals surface area contributed by atoms with Gasteiger partial charge in [0.25, 0.3) is 0 Å². The summed E-state index contributed by atoms with van der Waals surface area (Å²) in [4.78, 5) is 31.3. The van der Waals surface area contributed by atoms with Gasteiger partial charge in [0.15, 0.2) is 0 Å². The SMILES string of the molecule is O=C(CCCCBr)OOC(=O)c1ccccc1. The predicted octanol–water partition coefficient (Wildman–Crippen LogP) is 2.87. The van der Waals surface area contributed by atoms with Crippen LogP contribution in [0.3, 0.4) is 0 Å². The molecule has 1 aromatic rings. The van der Waals surface area contributed by atoms with Gasteiger partial charge >= 0.3 is 11.9 Å². The zero-order valence-corrected chi connectivity index (χ0v) is 10.8. The van der Waals surface area contributed by atoms with Gasteiger partial charge in [-0.3, -0.25) is 0 Å². The van der Waals surface area contributed by atoms with Crippen molar-refractivity contribution in [2.24, 2.45) is 0 Å². The molecule has 0 unspecified atom stereocenters. The molecule has 0 aliphatic rings. The van der Waals surface area contributed by atoms with Crippen molar-refractivity contribution in [3.8, 4) is 0 Å². The molecule has 0 bridgehead atoms. The minimum Gasteiger partial charge on any atom is -0.247 e. The third kappa shape index (κ3) is 5.49. The molecule has 4 nitrogen and oxygen atoms in total. The monoisotopic (exact) mass is 300 g/mol. The Balaban J connectivity index is 2.26. The van der Waals surface area contributed by atoms with Crippen molar-refractivity contribution in [1.82, 2.24) is 0 Å². The van der Waals surface area contributed by atoms with Crippen LogP contribution in [0.5, 0.6) is 0 Å². The number of halogens is 1. The van der Waals surface area contributed by atoms with Gasteiger partial charge in [0.05, 0.1) is 12.0 Å². The molecule has 92 valence electrons. The van der Waals surface area contributed by atoms with E-state index in [1.807, 2.05) is 0 Å². The zero-order valence-electron chi connectivity index (χ0n) is 9.23. The van der Waals surface area contributed by atoms with E-state index in [0.717, 1.165) is 11.8 Å². The van der Waals surface area contributed by atoms with Gasteiger partial charge in [0.1, 0.15) is 0 Å². The van der Waals surface area contributed by atoms with Crippen molar-refractivity contribution >= 4 is 27.9 Å². The average Bonchev–Trinajstić information content (AvgIpc) is 2.37. The first kappa shape index (κ1) is 13.7. The first-order valence-corrected chi connectivity index (χ1v) is 6.39. The van der Waals surface area contributed by atoms with Crippen molar-refractivity contribution in [2.75, 3.05) is 5.33 Å². The van der Waals surface area contributed by atoms with Crippen LogP contribution >= 0.6 is 15.9 Å². The molecular weight excluding hydrogens is 288 g/mol. The Morgan fingerprint density at radius 3 is 2.41 bits per heavy atom. The molecule has 0 aliphatic carbocycles. The van der Waals surface area contributed by atoms with Crippen molar-refractivity contribution < 1.29 is 19.4 Å². The Morgan fingerprint density at radius 1 is 1.06 bits per heavy atom. The van der Waals surface area contributed by atoms with Gasteiger partial charge in [-0.2, -0.15) is 0 Å². The summed E-state index contributed by atoms with van der Waals surface area (Å²) in [6.07, 6.45) is 1.82. The molecule has 0 aromatic heterocycles. The standard InChI is InChI=1S/C12H13BrO4/c13-9-5-4-8-11(14)16-17-12(15)10-6-2-1-3-7-10/h1-3,6-7H,4-5,8-9H2. The third-order valence-corrected chi connectivity index (χ3v) is 2.55.